The van der Waals surface area contributed by atoms with Gasteiger partial charge in [-0.15, -0.1) is 0 Å². The number of rotatable bonds is 5. The average molecular weight is 329 g/mol. The Bertz CT molecular complexity index is 531. The maximum absolute atomic E-state index is 13.0. The van der Waals surface area contributed by atoms with E-state index in [9.17, 15) is 18.0 Å². The predicted molar refractivity (Wildman–Crippen MR) is 80.8 cm³/mol. The third-order valence-electron chi connectivity index (χ3n) is 4.34. The number of aliphatic hydroxyl groups is 1. The molecule has 0 radical (unpaired) electrons. The van der Waals surface area contributed by atoms with Gasteiger partial charge in [0.2, 0.25) is 5.91 Å². The Labute approximate surface area is 134 Å². The van der Waals surface area contributed by atoms with Crippen molar-refractivity contribution in [2.45, 2.75) is 38.3 Å². The lowest BCUT2D eigenvalue weighted by Crippen LogP contribution is -2.40. The standard InChI is InChI=1S/C17H22F3NO2/c18-17(19,20)15-6-2-1-5-14(15)8-7-13-4-3-10-21(12-13)16(23)9-11-22/h1-2,5-6,13,22H,3-4,7-12H2/t13-/m1/s1. The molecule has 128 valence electrons. The zero-order chi connectivity index (χ0) is 16.9. The van der Waals surface area contributed by atoms with Gasteiger partial charge in [0.1, 0.15) is 0 Å². The van der Waals surface area contributed by atoms with Crippen LogP contribution in [0.3, 0.4) is 0 Å². The van der Waals surface area contributed by atoms with Crippen LogP contribution in [-0.4, -0.2) is 35.6 Å². The number of amides is 1. The lowest BCUT2D eigenvalue weighted by molar-refractivity contribution is -0.138. The van der Waals surface area contributed by atoms with Gasteiger partial charge < -0.3 is 10.0 Å². The molecule has 1 saturated heterocycles. The summed E-state index contributed by atoms with van der Waals surface area (Å²) >= 11 is 0. The van der Waals surface area contributed by atoms with E-state index in [1.165, 1.54) is 12.1 Å². The minimum absolute atomic E-state index is 0.0760. The number of benzene rings is 1. The van der Waals surface area contributed by atoms with Gasteiger partial charge in [-0.2, -0.15) is 13.2 Å². The van der Waals surface area contributed by atoms with Gasteiger partial charge in [0.15, 0.2) is 0 Å². The van der Waals surface area contributed by atoms with E-state index in [1.54, 1.807) is 11.0 Å². The Hall–Kier alpha value is -1.56. The summed E-state index contributed by atoms with van der Waals surface area (Å²) in [6.45, 7) is 1.08. The number of aryl methyl sites for hydroxylation is 1. The van der Waals surface area contributed by atoms with Crippen molar-refractivity contribution < 1.29 is 23.1 Å². The van der Waals surface area contributed by atoms with Gasteiger partial charge in [0.05, 0.1) is 12.2 Å². The second-order valence-corrected chi connectivity index (χ2v) is 6.02. The van der Waals surface area contributed by atoms with Crippen LogP contribution < -0.4 is 0 Å². The molecule has 1 amide bonds. The molecule has 0 unspecified atom stereocenters. The molecular formula is C17H22F3NO2. The number of likely N-dealkylation sites (tertiary alicyclic amines) is 1. The Morgan fingerprint density at radius 3 is 2.74 bits per heavy atom. The van der Waals surface area contributed by atoms with Crippen molar-refractivity contribution in [3.05, 3.63) is 35.4 Å². The van der Waals surface area contributed by atoms with Crippen molar-refractivity contribution in [3.63, 3.8) is 0 Å². The summed E-state index contributed by atoms with van der Waals surface area (Å²) in [4.78, 5) is 13.5. The SMILES string of the molecule is O=C(CCO)N1CCC[C@H](CCc2ccccc2C(F)(F)F)C1. The van der Waals surface area contributed by atoms with Crippen LogP contribution in [0.15, 0.2) is 24.3 Å². The molecule has 0 aliphatic carbocycles. The lowest BCUT2D eigenvalue weighted by atomic mass is 9.90. The van der Waals surface area contributed by atoms with E-state index < -0.39 is 11.7 Å². The smallest absolute Gasteiger partial charge is 0.396 e. The Morgan fingerprint density at radius 1 is 1.30 bits per heavy atom. The molecule has 3 nitrogen and oxygen atoms in total. The highest BCUT2D eigenvalue weighted by molar-refractivity contribution is 5.76. The summed E-state index contributed by atoms with van der Waals surface area (Å²) < 4.78 is 39.0. The van der Waals surface area contributed by atoms with E-state index in [0.29, 0.717) is 31.5 Å². The topological polar surface area (TPSA) is 40.5 Å². The highest BCUT2D eigenvalue weighted by Gasteiger charge is 2.33. The van der Waals surface area contributed by atoms with Gasteiger partial charge in [0, 0.05) is 19.5 Å². The number of carbonyl (C=O) groups is 1. The van der Waals surface area contributed by atoms with E-state index in [0.717, 1.165) is 18.9 Å². The summed E-state index contributed by atoms with van der Waals surface area (Å²) in [6, 6.07) is 5.68. The van der Waals surface area contributed by atoms with E-state index in [-0.39, 0.29) is 24.9 Å². The summed E-state index contributed by atoms with van der Waals surface area (Å²) in [5, 5.41) is 8.84. The van der Waals surface area contributed by atoms with Crippen LogP contribution in [0.1, 0.15) is 36.8 Å². The number of carbonyl (C=O) groups excluding carboxylic acids is 1. The Morgan fingerprint density at radius 2 is 2.04 bits per heavy atom. The molecule has 1 aromatic rings. The van der Waals surface area contributed by atoms with Crippen molar-refractivity contribution in [2.75, 3.05) is 19.7 Å². The number of nitrogens with zero attached hydrogens (tertiary/aromatic N) is 1. The number of halogens is 3. The summed E-state index contributed by atoms with van der Waals surface area (Å²) in [6.07, 6.45) is -1.42. The molecule has 23 heavy (non-hydrogen) atoms. The number of hydrogen-bond acceptors (Lipinski definition) is 2. The van der Waals surface area contributed by atoms with Crippen LogP contribution in [0.5, 0.6) is 0 Å². The largest absolute Gasteiger partial charge is 0.416 e. The van der Waals surface area contributed by atoms with Crippen molar-refractivity contribution in [1.29, 1.82) is 0 Å². The summed E-state index contributed by atoms with van der Waals surface area (Å²) in [5.41, 5.74) is -0.247. The van der Waals surface area contributed by atoms with Crippen LogP contribution in [0.25, 0.3) is 0 Å². The second kappa shape index (κ2) is 7.81. The highest BCUT2D eigenvalue weighted by atomic mass is 19.4. The van der Waals surface area contributed by atoms with Gasteiger partial charge in [-0.05, 0) is 43.2 Å². The van der Waals surface area contributed by atoms with Crippen molar-refractivity contribution >= 4 is 5.91 Å². The van der Waals surface area contributed by atoms with Gasteiger partial charge in [-0.25, -0.2) is 0 Å². The lowest BCUT2D eigenvalue weighted by Gasteiger charge is -2.33. The zero-order valence-electron chi connectivity index (χ0n) is 13.0. The molecule has 0 bridgehead atoms. The quantitative estimate of drug-likeness (QED) is 0.901. The zero-order valence-corrected chi connectivity index (χ0v) is 13.0. The van der Waals surface area contributed by atoms with Gasteiger partial charge >= 0.3 is 6.18 Å². The van der Waals surface area contributed by atoms with Crippen molar-refractivity contribution in [1.82, 2.24) is 4.90 Å². The first-order valence-electron chi connectivity index (χ1n) is 7.95. The molecule has 6 heteroatoms. The van der Waals surface area contributed by atoms with Gasteiger partial charge in [0.25, 0.3) is 0 Å². The van der Waals surface area contributed by atoms with E-state index >= 15 is 0 Å². The van der Waals surface area contributed by atoms with E-state index in [4.69, 9.17) is 5.11 Å². The molecule has 0 spiro atoms. The maximum Gasteiger partial charge on any atom is 0.416 e. The molecule has 1 aliphatic rings. The number of alkyl halides is 3. The first-order chi connectivity index (χ1) is 10.9. The molecule has 1 aromatic carbocycles. The molecule has 1 fully saturated rings. The summed E-state index contributed by atoms with van der Waals surface area (Å²) in [5.74, 6) is 0.139. The van der Waals surface area contributed by atoms with Crippen LogP contribution >= 0.6 is 0 Å². The van der Waals surface area contributed by atoms with Crippen LogP contribution in [-0.2, 0) is 17.4 Å². The Kier molecular flexibility index (Phi) is 6.04. The van der Waals surface area contributed by atoms with Gasteiger partial charge in [-0.1, -0.05) is 18.2 Å². The molecule has 0 saturated carbocycles. The number of piperidine rings is 1. The molecule has 1 N–H and O–H groups in total. The van der Waals surface area contributed by atoms with E-state index in [1.807, 2.05) is 0 Å². The molecule has 2 rings (SSSR count). The van der Waals surface area contributed by atoms with Crippen molar-refractivity contribution in [3.8, 4) is 0 Å². The van der Waals surface area contributed by atoms with Crippen LogP contribution in [0.2, 0.25) is 0 Å². The fourth-order valence-electron chi connectivity index (χ4n) is 3.16. The molecule has 0 aromatic heterocycles. The van der Waals surface area contributed by atoms with Crippen LogP contribution in [0.4, 0.5) is 13.2 Å². The number of aliphatic hydroxyl groups excluding tert-OH is 1. The number of hydrogen-bond donors (Lipinski definition) is 1. The van der Waals surface area contributed by atoms with Crippen molar-refractivity contribution in [2.24, 2.45) is 5.92 Å². The molecule has 1 heterocycles. The van der Waals surface area contributed by atoms with Crippen LogP contribution in [0, 0.1) is 5.92 Å². The fraction of sp³-hybridized carbons (Fsp3) is 0.588. The summed E-state index contributed by atoms with van der Waals surface area (Å²) in [7, 11) is 0. The Balaban J connectivity index is 1.95. The minimum atomic E-state index is -4.33. The fourth-order valence-corrected chi connectivity index (χ4v) is 3.16. The monoisotopic (exact) mass is 329 g/mol. The average Bonchev–Trinajstić information content (AvgIpc) is 2.53. The normalized spacial score (nSPS) is 19.0. The highest BCUT2D eigenvalue weighted by Crippen LogP contribution is 2.33. The minimum Gasteiger partial charge on any atom is -0.396 e. The third-order valence-corrected chi connectivity index (χ3v) is 4.34. The molecule has 1 atom stereocenters. The molecule has 1 aliphatic heterocycles. The predicted octanol–water partition coefficient (Wildman–Crippen LogP) is 3.26. The first-order valence-corrected chi connectivity index (χ1v) is 7.95. The molecular weight excluding hydrogens is 307 g/mol. The maximum atomic E-state index is 13.0. The first kappa shape index (κ1) is 17.8. The second-order valence-electron chi connectivity index (χ2n) is 6.02. The van der Waals surface area contributed by atoms with E-state index in [2.05, 4.69) is 0 Å². The third kappa shape index (κ3) is 4.96. The van der Waals surface area contributed by atoms with Gasteiger partial charge in [-0.3, -0.25) is 4.79 Å².